The van der Waals surface area contributed by atoms with E-state index in [2.05, 4.69) is 39.8 Å². The fourth-order valence-corrected chi connectivity index (χ4v) is 4.05. The highest BCUT2D eigenvalue weighted by Crippen LogP contribution is 2.35. The van der Waals surface area contributed by atoms with Crippen LogP contribution in [0.3, 0.4) is 0 Å². The minimum atomic E-state index is -0.377. The maximum absolute atomic E-state index is 6.37. The molecule has 116 valence electrons. The second-order valence-electron chi connectivity index (χ2n) is 5.81. The van der Waals surface area contributed by atoms with Gasteiger partial charge in [-0.05, 0) is 35.2 Å². The Kier molecular flexibility index (Phi) is 4.21. The average molecular weight is 336 g/mol. The fraction of sp³-hybridized carbons (Fsp3) is 0.375. The zero-order chi connectivity index (χ0) is 14.3. The summed E-state index contributed by atoms with van der Waals surface area (Å²) >= 11 is 1.75. The predicted octanol–water partition coefficient (Wildman–Crippen LogP) is 4.02. The number of aromatic nitrogens is 2. The average Bonchev–Trinajstić information content (AvgIpc) is 3.21. The van der Waals surface area contributed by atoms with Crippen molar-refractivity contribution in [2.45, 2.75) is 37.6 Å². The number of hydrogen-bond acceptors (Lipinski definition) is 5. The van der Waals surface area contributed by atoms with Crippen LogP contribution < -0.4 is 5.73 Å². The van der Waals surface area contributed by atoms with Gasteiger partial charge in [0.1, 0.15) is 0 Å². The molecule has 1 fully saturated rings. The Morgan fingerprint density at radius 3 is 2.82 bits per heavy atom. The normalized spacial score (nSPS) is 16.8. The fourth-order valence-electron chi connectivity index (χ4n) is 3.09. The molecule has 1 saturated carbocycles. The van der Waals surface area contributed by atoms with Gasteiger partial charge in [0.05, 0.1) is 12.0 Å². The molecular formula is C16H18ClN3OS. The quantitative estimate of drug-likeness (QED) is 0.785. The van der Waals surface area contributed by atoms with Crippen molar-refractivity contribution in [2.24, 2.45) is 5.73 Å². The highest BCUT2D eigenvalue weighted by molar-refractivity contribution is 7.17. The van der Waals surface area contributed by atoms with Gasteiger partial charge >= 0.3 is 0 Å². The van der Waals surface area contributed by atoms with Crippen LogP contribution in [0, 0.1) is 0 Å². The molecule has 3 aromatic rings. The van der Waals surface area contributed by atoms with E-state index in [1.54, 1.807) is 11.3 Å². The number of rotatable bonds is 3. The monoisotopic (exact) mass is 335 g/mol. The van der Waals surface area contributed by atoms with Crippen molar-refractivity contribution in [1.29, 1.82) is 0 Å². The number of thiophene rings is 1. The van der Waals surface area contributed by atoms with Crippen LogP contribution in [0.15, 0.2) is 34.2 Å². The van der Waals surface area contributed by atoms with E-state index in [1.165, 1.54) is 15.6 Å². The molecule has 1 aliphatic rings. The number of fused-ring (bicyclic) bond motifs is 1. The standard InChI is InChI=1S/C16H17N3OS.ClH/c17-16(7-3-4-8-16)15-18-14(20-19-15)9-11-10-21-13-6-2-1-5-12(11)13;/h1-2,5-6,10H,3-4,7-9,17H2;1H. The predicted molar refractivity (Wildman–Crippen MR) is 90.5 cm³/mol. The first-order chi connectivity index (χ1) is 10.2. The first kappa shape index (κ1) is 15.5. The first-order valence-corrected chi connectivity index (χ1v) is 8.20. The minimum absolute atomic E-state index is 0. The molecule has 4 rings (SSSR count). The minimum Gasteiger partial charge on any atom is -0.339 e. The second kappa shape index (κ2) is 5.99. The van der Waals surface area contributed by atoms with E-state index < -0.39 is 0 Å². The van der Waals surface area contributed by atoms with Crippen LogP contribution in [0.2, 0.25) is 0 Å². The van der Waals surface area contributed by atoms with Crippen LogP contribution >= 0.6 is 23.7 Å². The smallest absolute Gasteiger partial charge is 0.231 e. The molecule has 0 unspecified atom stereocenters. The molecule has 4 nitrogen and oxygen atoms in total. The Labute approximate surface area is 139 Å². The molecule has 0 radical (unpaired) electrons. The van der Waals surface area contributed by atoms with Crippen molar-refractivity contribution in [3.8, 4) is 0 Å². The number of nitrogens with two attached hydrogens (primary N) is 1. The van der Waals surface area contributed by atoms with Crippen molar-refractivity contribution < 1.29 is 4.52 Å². The van der Waals surface area contributed by atoms with Crippen LogP contribution in [0.25, 0.3) is 10.1 Å². The lowest BCUT2D eigenvalue weighted by molar-refractivity contribution is 0.352. The van der Waals surface area contributed by atoms with Crippen molar-refractivity contribution >= 4 is 33.8 Å². The van der Waals surface area contributed by atoms with Gasteiger partial charge in [0, 0.05) is 4.70 Å². The summed E-state index contributed by atoms with van der Waals surface area (Å²) in [6.45, 7) is 0. The summed E-state index contributed by atoms with van der Waals surface area (Å²) in [5, 5.41) is 7.56. The highest BCUT2D eigenvalue weighted by Gasteiger charge is 2.35. The summed E-state index contributed by atoms with van der Waals surface area (Å²) in [6.07, 6.45) is 4.87. The maximum Gasteiger partial charge on any atom is 0.231 e. The molecule has 1 aromatic carbocycles. The Morgan fingerprint density at radius 2 is 2.00 bits per heavy atom. The third-order valence-electron chi connectivity index (χ3n) is 4.31. The number of benzene rings is 1. The van der Waals surface area contributed by atoms with Gasteiger partial charge < -0.3 is 10.3 Å². The molecule has 0 saturated heterocycles. The molecule has 2 N–H and O–H groups in total. The SMILES string of the molecule is Cl.NC1(c2noc(Cc3csc4ccccc34)n2)CCCC1. The first-order valence-electron chi connectivity index (χ1n) is 7.32. The van der Waals surface area contributed by atoms with Crippen LogP contribution in [0.4, 0.5) is 0 Å². The van der Waals surface area contributed by atoms with E-state index >= 15 is 0 Å². The Balaban J connectivity index is 0.00000144. The second-order valence-corrected chi connectivity index (χ2v) is 6.72. The van der Waals surface area contributed by atoms with Crippen molar-refractivity contribution in [1.82, 2.24) is 10.1 Å². The van der Waals surface area contributed by atoms with Gasteiger partial charge in [0.25, 0.3) is 0 Å². The summed E-state index contributed by atoms with van der Waals surface area (Å²) < 4.78 is 6.72. The van der Waals surface area contributed by atoms with Gasteiger partial charge in [-0.1, -0.05) is 36.2 Å². The van der Waals surface area contributed by atoms with Gasteiger partial charge in [0.15, 0.2) is 5.82 Å². The van der Waals surface area contributed by atoms with E-state index in [0.717, 1.165) is 25.7 Å². The van der Waals surface area contributed by atoms with E-state index in [9.17, 15) is 0 Å². The summed E-state index contributed by atoms with van der Waals surface area (Å²) in [5.41, 5.74) is 7.24. The summed E-state index contributed by atoms with van der Waals surface area (Å²) in [5.74, 6) is 1.33. The van der Waals surface area contributed by atoms with Crippen molar-refractivity contribution in [3.05, 3.63) is 46.9 Å². The zero-order valence-corrected chi connectivity index (χ0v) is 13.8. The molecule has 6 heteroatoms. The molecule has 0 spiro atoms. The summed E-state index contributed by atoms with van der Waals surface area (Å²) in [6, 6.07) is 8.40. The number of hydrogen-bond donors (Lipinski definition) is 1. The highest BCUT2D eigenvalue weighted by atomic mass is 35.5. The Morgan fingerprint density at radius 1 is 1.23 bits per heavy atom. The Bertz CT molecular complexity index is 776. The van der Waals surface area contributed by atoms with Crippen LogP contribution in [-0.2, 0) is 12.0 Å². The molecule has 0 atom stereocenters. The summed E-state index contributed by atoms with van der Waals surface area (Å²) in [7, 11) is 0. The topological polar surface area (TPSA) is 64.9 Å². The van der Waals surface area contributed by atoms with Crippen molar-refractivity contribution in [3.63, 3.8) is 0 Å². The molecule has 2 heterocycles. The van der Waals surface area contributed by atoms with Gasteiger partial charge in [-0.2, -0.15) is 4.98 Å². The number of halogens is 1. The van der Waals surface area contributed by atoms with Crippen LogP contribution in [0.1, 0.15) is 43.0 Å². The van der Waals surface area contributed by atoms with Gasteiger partial charge in [-0.25, -0.2) is 0 Å². The third-order valence-corrected chi connectivity index (χ3v) is 5.32. The van der Waals surface area contributed by atoms with E-state index in [-0.39, 0.29) is 17.9 Å². The molecule has 22 heavy (non-hydrogen) atoms. The number of nitrogens with zero attached hydrogens (tertiary/aromatic N) is 2. The van der Waals surface area contributed by atoms with Gasteiger partial charge in [-0.15, -0.1) is 23.7 Å². The van der Waals surface area contributed by atoms with Gasteiger partial charge in [0.2, 0.25) is 5.89 Å². The molecular weight excluding hydrogens is 318 g/mol. The van der Waals surface area contributed by atoms with Gasteiger partial charge in [-0.3, -0.25) is 0 Å². The maximum atomic E-state index is 6.37. The largest absolute Gasteiger partial charge is 0.339 e. The molecule has 1 aliphatic carbocycles. The van der Waals surface area contributed by atoms with Crippen molar-refractivity contribution in [2.75, 3.05) is 0 Å². The van der Waals surface area contributed by atoms with E-state index in [0.29, 0.717) is 18.1 Å². The molecule has 2 aromatic heterocycles. The lowest BCUT2D eigenvalue weighted by Crippen LogP contribution is -2.34. The zero-order valence-electron chi connectivity index (χ0n) is 12.1. The third kappa shape index (κ3) is 2.64. The Hall–Kier alpha value is -1.43. The van der Waals surface area contributed by atoms with E-state index in [1.807, 2.05) is 0 Å². The van der Waals surface area contributed by atoms with E-state index in [4.69, 9.17) is 10.3 Å². The lowest BCUT2D eigenvalue weighted by atomic mass is 9.99. The molecule has 0 amide bonds. The summed E-state index contributed by atoms with van der Waals surface area (Å²) in [4.78, 5) is 4.55. The molecule has 0 bridgehead atoms. The lowest BCUT2D eigenvalue weighted by Gasteiger charge is -2.17. The molecule has 0 aliphatic heterocycles. The van der Waals surface area contributed by atoms with Crippen LogP contribution in [0.5, 0.6) is 0 Å². The van der Waals surface area contributed by atoms with Crippen LogP contribution in [-0.4, -0.2) is 10.1 Å².